The number of benzene rings is 1. The average Bonchev–Trinajstić information content (AvgIpc) is 2.98. The van der Waals surface area contributed by atoms with Gasteiger partial charge in [-0.25, -0.2) is 0 Å². The summed E-state index contributed by atoms with van der Waals surface area (Å²) in [6.45, 7) is 0.934. The smallest absolute Gasteiger partial charge is 0.0406 e. The molecule has 0 bridgehead atoms. The molecule has 1 aromatic rings. The minimum Gasteiger partial charge on any atom is -0.306 e. The van der Waals surface area contributed by atoms with E-state index in [4.69, 9.17) is 11.6 Å². The molecule has 0 atom stereocenters. The fraction of sp³-hybridized carbons (Fsp3) is 0.455. The van der Waals surface area contributed by atoms with Crippen LogP contribution in [0.4, 0.5) is 0 Å². The third kappa shape index (κ3) is 2.61. The molecule has 0 saturated heterocycles. The van der Waals surface area contributed by atoms with Crippen LogP contribution < -0.4 is 5.32 Å². The molecule has 14 heavy (non-hydrogen) atoms. The number of alkyl halides is 1. The van der Waals surface area contributed by atoms with Gasteiger partial charge in [0.25, 0.3) is 0 Å². The minimum absolute atomic E-state index is 0.255. The Labute approximate surface area is 103 Å². The molecule has 0 aliphatic heterocycles. The van der Waals surface area contributed by atoms with E-state index in [2.05, 4.69) is 52.2 Å². The van der Waals surface area contributed by atoms with Crippen molar-refractivity contribution in [2.75, 3.05) is 5.88 Å². The van der Waals surface area contributed by atoms with Gasteiger partial charge in [-0.15, -0.1) is 11.6 Å². The average molecular weight is 322 g/mol. The number of halogens is 2. The van der Waals surface area contributed by atoms with E-state index < -0.39 is 0 Å². The first-order chi connectivity index (χ1) is 6.74. The summed E-state index contributed by atoms with van der Waals surface area (Å²) in [4.78, 5) is 0. The highest BCUT2D eigenvalue weighted by molar-refractivity contribution is 14.1. The Morgan fingerprint density at radius 2 is 1.93 bits per heavy atom. The molecule has 0 radical (unpaired) electrons. The van der Waals surface area contributed by atoms with Crippen LogP contribution in [0.3, 0.4) is 0 Å². The SMILES string of the molecule is ClCC1(NCc2ccc(I)cc2)CC1. The summed E-state index contributed by atoms with van der Waals surface area (Å²) in [5.74, 6) is 0.734. The van der Waals surface area contributed by atoms with Crippen LogP contribution in [0.25, 0.3) is 0 Å². The largest absolute Gasteiger partial charge is 0.306 e. The fourth-order valence-electron chi connectivity index (χ4n) is 1.40. The lowest BCUT2D eigenvalue weighted by Crippen LogP contribution is -2.32. The quantitative estimate of drug-likeness (QED) is 0.663. The van der Waals surface area contributed by atoms with Gasteiger partial charge in [-0.05, 0) is 53.1 Å². The van der Waals surface area contributed by atoms with Gasteiger partial charge in [0.15, 0.2) is 0 Å². The van der Waals surface area contributed by atoms with Crippen LogP contribution in [0.1, 0.15) is 18.4 Å². The topological polar surface area (TPSA) is 12.0 Å². The van der Waals surface area contributed by atoms with E-state index in [-0.39, 0.29) is 5.54 Å². The van der Waals surface area contributed by atoms with Gasteiger partial charge >= 0.3 is 0 Å². The van der Waals surface area contributed by atoms with E-state index in [1.165, 1.54) is 22.0 Å². The highest BCUT2D eigenvalue weighted by Crippen LogP contribution is 2.36. The number of hydrogen-bond acceptors (Lipinski definition) is 1. The van der Waals surface area contributed by atoms with Gasteiger partial charge in [0.2, 0.25) is 0 Å². The van der Waals surface area contributed by atoms with Gasteiger partial charge in [0.05, 0.1) is 0 Å². The van der Waals surface area contributed by atoms with E-state index in [0.717, 1.165) is 12.4 Å². The van der Waals surface area contributed by atoms with E-state index in [1.54, 1.807) is 0 Å². The highest BCUT2D eigenvalue weighted by atomic mass is 127. The van der Waals surface area contributed by atoms with Gasteiger partial charge in [0.1, 0.15) is 0 Å². The zero-order valence-corrected chi connectivity index (χ0v) is 10.8. The van der Waals surface area contributed by atoms with Crippen LogP contribution in [0.5, 0.6) is 0 Å². The summed E-state index contributed by atoms with van der Waals surface area (Å²) in [7, 11) is 0. The molecule has 2 rings (SSSR count). The molecule has 1 aliphatic rings. The van der Waals surface area contributed by atoms with Crippen molar-refractivity contribution in [1.82, 2.24) is 5.32 Å². The van der Waals surface area contributed by atoms with Crippen molar-refractivity contribution in [3.63, 3.8) is 0 Å². The molecule has 1 aromatic carbocycles. The van der Waals surface area contributed by atoms with Crippen molar-refractivity contribution < 1.29 is 0 Å². The predicted molar refractivity (Wildman–Crippen MR) is 68.7 cm³/mol. The molecule has 3 heteroatoms. The molecule has 76 valence electrons. The van der Waals surface area contributed by atoms with Crippen molar-refractivity contribution in [1.29, 1.82) is 0 Å². The molecule has 1 N–H and O–H groups in total. The van der Waals surface area contributed by atoms with Crippen LogP contribution in [-0.2, 0) is 6.54 Å². The van der Waals surface area contributed by atoms with Gasteiger partial charge in [-0.2, -0.15) is 0 Å². The van der Waals surface area contributed by atoms with E-state index >= 15 is 0 Å². The van der Waals surface area contributed by atoms with Crippen LogP contribution in [0, 0.1) is 3.57 Å². The minimum atomic E-state index is 0.255. The Morgan fingerprint density at radius 1 is 1.29 bits per heavy atom. The monoisotopic (exact) mass is 321 g/mol. The molecule has 1 fully saturated rings. The van der Waals surface area contributed by atoms with E-state index in [9.17, 15) is 0 Å². The Balaban J connectivity index is 1.89. The predicted octanol–water partition coefficient (Wildman–Crippen LogP) is 3.15. The Morgan fingerprint density at radius 3 is 2.43 bits per heavy atom. The first kappa shape index (κ1) is 10.7. The second-order valence-electron chi connectivity index (χ2n) is 3.89. The first-order valence-electron chi connectivity index (χ1n) is 4.80. The summed E-state index contributed by atoms with van der Waals surface area (Å²) in [5, 5.41) is 3.52. The Hall–Kier alpha value is 0.200. The lowest BCUT2D eigenvalue weighted by Gasteiger charge is -2.13. The molecule has 0 spiro atoms. The molecule has 0 heterocycles. The summed E-state index contributed by atoms with van der Waals surface area (Å²) in [6.07, 6.45) is 2.45. The molecule has 0 amide bonds. The second kappa shape index (κ2) is 4.37. The summed E-state index contributed by atoms with van der Waals surface area (Å²) < 4.78 is 1.28. The molecule has 1 nitrogen and oxygen atoms in total. The zero-order chi connectivity index (χ0) is 10.0. The number of nitrogens with one attached hydrogen (secondary N) is 1. The van der Waals surface area contributed by atoms with Crippen molar-refractivity contribution >= 4 is 34.2 Å². The summed E-state index contributed by atoms with van der Waals surface area (Å²) in [5.41, 5.74) is 1.59. The maximum Gasteiger partial charge on any atom is 0.0406 e. The van der Waals surface area contributed by atoms with E-state index in [1.807, 2.05) is 0 Å². The van der Waals surface area contributed by atoms with Crippen LogP contribution in [-0.4, -0.2) is 11.4 Å². The van der Waals surface area contributed by atoms with E-state index in [0.29, 0.717) is 0 Å². The lowest BCUT2D eigenvalue weighted by molar-refractivity contribution is 0.543. The van der Waals surface area contributed by atoms with Crippen molar-refractivity contribution in [3.05, 3.63) is 33.4 Å². The van der Waals surface area contributed by atoms with Crippen molar-refractivity contribution in [2.45, 2.75) is 24.9 Å². The number of hydrogen-bond donors (Lipinski definition) is 1. The van der Waals surface area contributed by atoms with Gasteiger partial charge in [0, 0.05) is 21.5 Å². The van der Waals surface area contributed by atoms with Crippen LogP contribution in [0.15, 0.2) is 24.3 Å². The molecular weight excluding hydrogens is 308 g/mol. The maximum absolute atomic E-state index is 5.88. The zero-order valence-electron chi connectivity index (χ0n) is 7.89. The van der Waals surface area contributed by atoms with Crippen LogP contribution in [0.2, 0.25) is 0 Å². The van der Waals surface area contributed by atoms with Crippen molar-refractivity contribution in [3.8, 4) is 0 Å². The molecule has 0 unspecified atom stereocenters. The van der Waals surface area contributed by atoms with Gasteiger partial charge in [-0.1, -0.05) is 12.1 Å². The summed E-state index contributed by atoms with van der Waals surface area (Å²) >= 11 is 8.20. The standard InChI is InChI=1S/C11H13ClIN/c12-8-11(5-6-11)14-7-9-1-3-10(13)4-2-9/h1-4,14H,5-8H2. The third-order valence-corrected chi connectivity index (χ3v) is 3.92. The number of rotatable bonds is 4. The Kier molecular flexibility index (Phi) is 3.34. The Bertz CT molecular complexity index is 306. The van der Waals surface area contributed by atoms with Gasteiger partial charge < -0.3 is 5.32 Å². The first-order valence-corrected chi connectivity index (χ1v) is 6.41. The normalized spacial score (nSPS) is 18.1. The second-order valence-corrected chi connectivity index (χ2v) is 5.41. The molecule has 0 aromatic heterocycles. The summed E-state index contributed by atoms with van der Waals surface area (Å²) in [6, 6.07) is 8.61. The third-order valence-electron chi connectivity index (χ3n) is 2.69. The van der Waals surface area contributed by atoms with Crippen molar-refractivity contribution in [2.24, 2.45) is 0 Å². The molecule has 1 aliphatic carbocycles. The fourth-order valence-corrected chi connectivity index (χ4v) is 2.12. The van der Waals surface area contributed by atoms with Crippen LogP contribution >= 0.6 is 34.2 Å². The molecule has 1 saturated carbocycles. The molecular formula is C11H13ClIN. The van der Waals surface area contributed by atoms with Gasteiger partial charge in [-0.3, -0.25) is 0 Å². The maximum atomic E-state index is 5.88. The highest BCUT2D eigenvalue weighted by Gasteiger charge is 2.40. The lowest BCUT2D eigenvalue weighted by atomic mass is 10.2.